The fourth-order valence-corrected chi connectivity index (χ4v) is 1.29. The molecule has 0 saturated heterocycles. The van der Waals surface area contributed by atoms with Crippen LogP contribution >= 0.6 is 11.8 Å². The molecule has 0 atom stereocenters. The summed E-state index contributed by atoms with van der Waals surface area (Å²) in [6.07, 6.45) is 2.03. The zero-order chi connectivity index (χ0) is 10.2. The largest absolute Gasteiger partial charge is 0.130 e. The Balaban J connectivity index is 2.66. The monoisotopic (exact) mass is 203 g/mol. The van der Waals surface area contributed by atoms with E-state index in [0.29, 0.717) is 0 Å². The molecule has 3 nitrogen and oxygen atoms in total. The van der Waals surface area contributed by atoms with Crippen LogP contribution in [0.1, 0.15) is 5.56 Å². The second-order valence-corrected chi connectivity index (χ2v) is 3.30. The molecule has 0 fully saturated rings. The zero-order valence-electron chi connectivity index (χ0n) is 7.77. The van der Waals surface area contributed by atoms with Crippen LogP contribution in [0.25, 0.3) is 10.4 Å². The molecule has 14 heavy (non-hydrogen) atoms. The Hall–Kier alpha value is -1.56. The van der Waals surface area contributed by atoms with E-state index in [1.54, 1.807) is 11.8 Å². The van der Waals surface area contributed by atoms with Crippen LogP contribution in [0.3, 0.4) is 0 Å². The number of hydrogen-bond donors (Lipinski definition) is 0. The van der Waals surface area contributed by atoms with Gasteiger partial charge in [0.15, 0.2) is 0 Å². The average Bonchev–Trinajstić information content (AvgIpc) is 2.25. The molecule has 0 heterocycles. The van der Waals surface area contributed by atoms with Crippen LogP contribution < -0.4 is 0 Å². The van der Waals surface area contributed by atoms with Gasteiger partial charge >= 0.3 is 0 Å². The maximum absolute atomic E-state index is 8.02. The second-order valence-electron chi connectivity index (χ2n) is 2.42. The van der Waals surface area contributed by atoms with Gasteiger partial charge in [-0.05, 0) is 36.1 Å². The third-order valence-electron chi connectivity index (χ3n) is 1.54. The average molecular weight is 203 g/mol. The Bertz CT molecular complexity index is 394. The van der Waals surface area contributed by atoms with Crippen molar-refractivity contribution in [2.24, 2.45) is 5.11 Å². The first-order chi connectivity index (χ1) is 6.86. The van der Waals surface area contributed by atoms with Gasteiger partial charge in [0.2, 0.25) is 0 Å². The molecule has 0 radical (unpaired) electrons. The topological polar surface area (TPSA) is 48.8 Å². The van der Waals surface area contributed by atoms with Crippen molar-refractivity contribution < 1.29 is 0 Å². The van der Waals surface area contributed by atoms with Gasteiger partial charge in [-0.25, -0.2) is 0 Å². The van der Waals surface area contributed by atoms with Gasteiger partial charge in [0.05, 0.1) is 6.54 Å². The van der Waals surface area contributed by atoms with Crippen LogP contribution in [0.4, 0.5) is 0 Å². The molecule has 1 aromatic rings. The fourth-order valence-electron chi connectivity index (χ4n) is 0.883. The number of nitrogens with zero attached hydrogens (tertiary/aromatic N) is 3. The van der Waals surface area contributed by atoms with Crippen LogP contribution in [-0.4, -0.2) is 12.8 Å². The zero-order valence-corrected chi connectivity index (χ0v) is 8.58. The van der Waals surface area contributed by atoms with E-state index in [2.05, 4.69) is 21.9 Å². The molecule has 1 rings (SSSR count). The van der Waals surface area contributed by atoms with Crippen molar-refractivity contribution in [2.45, 2.75) is 4.90 Å². The Morgan fingerprint density at radius 3 is 2.71 bits per heavy atom. The van der Waals surface area contributed by atoms with Crippen molar-refractivity contribution in [3.8, 4) is 11.8 Å². The lowest BCUT2D eigenvalue weighted by atomic mass is 10.2. The fraction of sp³-hybridized carbons (Fsp3) is 0.200. The first-order valence-electron chi connectivity index (χ1n) is 4.00. The molecule has 0 amide bonds. The Morgan fingerprint density at radius 1 is 1.43 bits per heavy atom. The maximum atomic E-state index is 8.02. The highest BCUT2D eigenvalue weighted by atomic mass is 32.2. The van der Waals surface area contributed by atoms with Gasteiger partial charge in [-0.1, -0.05) is 17.0 Å². The maximum Gasteiger partial charge on any atom is 0.0880 e. The van der Waals surface area contributed by atoms with Crippen LogP contribution in [-0.2, 0) is 0 Å². The summed E-state index contributed by atoms with van der Waals surface area (Å²) in [6, 6.07) is 7.94. The van der Waals surface area contributed by atoms with E-state index in [0.717, 1.165) is 5.56 Å². The third-order valence-corrected chi connectivity index (χ3v) is 2.28. The number of hydrogen-bond acceptors (Lipinski definition) is 2. The van der Waals surface area contributed by atoms with Crippen molar-refractivity contribution >= 4 is 11.8 Å². The molecule has 0 unspecified atom stereocenters. The van der Waals surface area contributed by atoms with Crippen molar-refractivity contribution in [1.29, 1.82) is 0 Å². The van der Waals surface area contributed by atoms with E-state index in [4.69, 9.17) is 5.53 Å². The van der Waals surface area contributed by atoms with Gasteiger partial charge in [-0.3, -0.25) is 0 Å². The molecular formula is C10H9N3S. The van der Waals surface area contributed by atoms with Gasteiger partial charge in [-0.15, -0.1) is 11.8 Å². The molecule has 0 saturated carbocycles. The van der Waals surface area contributed by atoms with E-state index >= 15 is 0 Å². The van der Waals surface area contributed by atoms with E-state index in [1.165, 1.54) is 4.90 Å². The summed E-state index contributed by atoms with van der Waals surface area (Å²) in [7, 11) is 0. The van der Waals surface area contributed by atoms with E-state index in [-0.39, 0.29) is 6.54 Å². The van der Waals surface area contributed by atoms with E-state index in [9.17, 15) is 0 Å². The van der Waals surface area contributed by atoms with Crippen LogP contribution in [0.5, 0.6) is 0 Å². The van der Waals surface area contributed by atoms with Gasteiger partial charge < -0.3 is 0 Å². The normalized spacial score (nSPS) is 8.36. The van der Waals surface area contributed by atoms with Crippen molar-refractivity contribution in [1.82, 2.24) is 0 Å². The summed E-state index contributed by atoms with van der Waals surface area (Å²) in [5, 5.41) is 3.32. The molecule has 0 aliphatic rings. The van der Waals surface area contributed by atoms with E-state index in [1.807, 2.05) is 30.5 Å². The number of rotatable bonds is 2. The first kappa shape index (κ1) is 10.5. The van der Waals surface area contributed by atoms with Gasteiger partial charge in [0, 0.05) is 15.4 Å². The summed E-state index contributed by atoms with van der Waals surface area (Å²) in [4.78, 5) is 3.83. The van der Waals surface area contributed by atoms with Gasteiger partial charge in [0.1, 0.15) is 0 Å². The predicted molar refractivity (Wildman–Crippen MR) is 59.1 cm³/mol. The smallest absolute Gasteiger partial charge is 0.0880 e. The van der Waals surface area contributed by atoms with E-state index < -0.39 is 0 Å². The van der Waals surface area contributed by atoms with Crippen LogP contribution in [0.15, 0.2) is 34.3 Å². The summed E-state index contributed by atoms with van der Waals surface area (Å²) >= 11 is 1.69. The van der Waals surface area contributed by atoms with Crippen molar-refractivity contribution in [3.05, 3.63) is 40.3 Å². The number of thioether (sulfide) groups is 1. The molecule has 0 bridgehead atoms. The molecule has 1 aromatic carbocycles. The number of benzene rings is 1. The minimum absolute atomic E-state index is 0.223. The molecule has 0 aliphatic heterocycles. The van der Waals surface area contributed by atoms with Crippen molar-refractivity contribution in [2.75, 3.05) is 12.8 Å². The lowest BCUT2D eigenvalue weighted by molar-refractivity contribution is 1.25. The highest BCUT2D eigenvalue weighted by Crippen LogP contribution is 2.14. The predicted octanol–water partition coefficient (Wildman–Crippen LogP) is 3.07. The molecule has 0 aromatic heterocycles. The minimum Gasteiger partial charge on any atom is -0.130 e. The lowest BCUT2D eigenvalue weighted by Crippen LogP contribution is -1.75. The standard InChI is InChI=1S/C10H9N3S/c1-14-10-6-4-9(5-7-10)3-2-8-12-13-11/h4-7H,8H2,1H3. The SMILES string of the molecule is CSc1ccc(C#CCN=[N+]=[N-])cc1. The third kappa shape index (κ3) is 3.44. The minimum atomic E-state index is 0.223. The molecule has 0 spiro atoms. The van der Waals surface area contributed by atoms with Crippen LogP contribution in [0.2, 0.25) is 0 Å². The number of azide groups is 1. The quantitative estimate of drug-likeness (QED) is 0.239. The molecule has 4 heteroatoms. The Morgan fingerprint density at radius 2 is 2.14 bits per heavy atom. The lowest BCUT2D eigenvalue weighted by Gasteiger charge is -1.94. The summed E-state index contributed by atoms with van der Waals surface area (Å²) in [5.41, 5.74) is 8.96. The summed E-state index contributed by atoms with van der Waals surface area (Å²) in [6.45, 7) is 0.223. The molecule has 0 N–H and O–H groups in total. The second kappa shape index (κ2) is 5.98. The van der Waals surface area contributed by atoms with Crippen molar-refractivity contribution in [3.63, 3.8) is 0 Å². The molecular weight excluding hydrogens is 194 g/mol. The Labute approximate surface area is 87.1 Å². The summed E-state index contributed by atoms with van der Waals surface area (Å²) in [5.74, 6) is 5.67. The first-order valence-corrected chi connectivity index (χ1v) is 5.23. The highest BCUT2D eigenvalue weighted by Gasteiger charge is 1.88. The molecule has 70 valence electrons. The van der Waals surface area contributed by atoms with Gasteiger partial charge in [0.25, 0.3) is 0 Å². The Kier molecular flexibility index (Phi) is 4.49. The summed E-state index contributed by atoms with van der Waals surface area (Å²) < 4.78 is 0. The molecule has 0 aliphatic carbocycles. The van der Waals surface area contributed by atoms with Gasteiger partial charge in [-0.2, -0.15) is 0 Å². The highest BCUT2D eigenvalue weighted by molar-refractivity contribution is 7.98. The van der Waals surface area contributed by atoms with Crippen LogP contribution in [0, 0.1) is 11.8 Å².